The average Bonchev–Trinajstić information content (AvgIpc) is 3.24. The number of hydrogen-bond acceptors (Lipinski definition) is 5. The van der Waals surface area contributed by atoms with E-state index in [0.717, 1.165) is 5.56 Å². The second-order valence-electron chi connectivity index (χ2n) is 6.74. The Morgan fingerprint density at radius 3 is 2.32 bits per heavy atom. The zero-order valence-corrected chi connectivity index (χ0v) is 15.4. The minimum absolute atomic E-state index is 0.0284. The zero-order chi connectivity index (χ0) is 19.8. The molecule has 1 unspecified atom stereocenters. The summed E-state index contributed by atoms with van der Waals surface area (Å²) < 4.78 is 5.10. The number of hydrogen-bond donors (Lipinski definition) is 1. The maximum atomic E-state index is 12.9. The second-order valence-corrected chi connectivity index (χ2v) is 6.74. The highest BCUT2D eigenvalue weighted by atomic mass is 16.5. The quantitative estimate of drug-likeness (QED) is 0.427. The monoisotopic (exact) mass is 374 g/mol. The van der Waals surface area contributed by atoms with E-state index in [1.165, 1.54) is 4.90 Å². The maximum absolute atomic E-state index is 12.9. The lowest BCUT2D eigenvalue weighted by molar-refractivity contribution is -0.132. The van der Waals surface area contributed by atoms with Gasteiger partial charge in [0.1, 0.15) is 11.5 Å². The van der Waals surface area contributed by atoms with Gasteiger partial charge in [-0.05, 0) is 19.4 Å². The first kappa shape index (κ1) is 17.7. The van der Waals surface area contributed by atoms with Crippen molar-refractivity contribution < 1.29 is 19.2 Å². The van der Waals surface area contributed by atoms with Crippen LogP contribution < -0.4 is 4.90 Å². The third-order valence-electron chi connectivity index (χ3n) is 4.75. The van der Waals surface area contributed by atoms with Crippen molar-refractivity contribution in [2.75, 3.05) is 4.90 Å². The van der Waals surface area contributed by atoms with E-state index in [1.807, 2.05) is 37.3 Å². The molecule has 6 heteroatoms. The zero-order valence-electron chi connectivity index (χ0n) is 15.4. The second kappa shape index (κ2) is 6.81. The number of carbonyl (C=O) groups excluding carboxylic acids is 2. The summed E-state index contributed by atoms with van der Waals surface area (Å²) in [6.07, 6.45) is 0. The van der Waals surface area contributed by atoms with E-state index in [0.29, 0.717) is 16.9 Å². The lowest BCUT2D eigenvalue weighted by Gasteiger charge is -2.22. The van der Waals surface area contributed by atoms with Gasteiger partial charge in [-0.15, -0.1) is 0 Å². The predicted octanol–water partition coefficient (Wildman–Crippen LogP) is 3.92. The number of Topliss-reactive ketones (excluding diaryl/α,β-unsaturated/α-hetero) is 1. The van der Waals surface area contributed by atoms with Crippen LogP contribution in [0.5, 0.6) is 0 Å². The Balaban J connectivity index is 1.93. The Morgan fingerprint density at radius 1 is 1.04 bits per heavy atom. The Kier molecular flexibility index (Phi) is 4.31. The molecule has 1 N–H and O–H groups in total. The molecule has 1 atom stereocenters. The summed E-state index contributed by atoms with van der Waals surface area (Å²) in [6, 6.07) is 17.0. The van der Waals surface area contributed by atoms with Gasteiger partial charge in [-0.1, -0.05) is 65.3 Å². The van der Waals surface area contributed by atoms with Crippen LogP contribution in [0.25, 0.3) is 5.76 Å². The van der Waals surface area contributed by atoms with Gasteiger partial charge in [-0.3, -0.25) is 14.5 Å². The molecule has 0 radical (unpaired) electrons. The summed E-state index contributed by atoms with van der Waals surface area (Å²) in [5, 5.41) is 14.8. The van der Waals surface area contributed by atoms with Crippen molar-refractivity contribution in [3.05, 3.63) is 88.7 Å². The molecule has 1 saturated heterocycles. The van der Waals surface area contributed by atoms with Crippen LogP contribution in [-0.4, -0.2) is 22.0 Å². The number of carbonyl (C=O) groups is 2. The van der Waals surface area contributed by atoms with E-state index in [4.69, 9.17) is 4.52 Å². The molecule has 2 aromatic carbocycles. The minimum Gasteiger partial charge on any atom is -0.507 e. The molecule has 2 heterocycles. The highest BCUT2D eigenvalue weighted by Gasteiger charge is 2.48. The van der Waals surface area contributed by atoms with Crippen molar-refractivity contribution in [1.82, 2.24) is 5.16 Å². The molecule has 0 bridgehead atoms. The predicted molar refractivity (Wildman–Crippen MR) is 104 cm³/mol. The first-order valence-electron chi connectivity index (χ1n) is 8.83. The van der Waals surface area contributed by atoms with E-state index in [1.54, 1.807) is 37.3 Å². The highest BCUT2D eigenvalue weighted by molar-refractivity contribution is 6.51. The fourth-order valence-electron chi connectivity index (χ4n) is 3.35. The number of benzene rings is 2. The topological polar surface area (TPSA) is 83.6 Å². The molecule has 28 heavy (non-hydrogen) atoms. The molecule has 3 aromatic rings. The lowest BCUT2D eigenvalue weighted by Crippen LogP contribution is -2.29. The normalized spacial score (nSPS) is 18.6. The number of anilines is 1. The largest absolute Gasteiger partial charge is 0.507 e. The first-order chi connectivity index (χ1) is 13.5. The molecule has 1 aliphatic heterocycles. The van der Waals surface area contributed by atoms with Gasteiger partial charge in [-0.2, -0.15) is 0 Å². The van der Waals surface area contributed by atoms with Crippen LogP contribution in [-0.2, 0) is 9.59 Å². The number of aliphatic hydroxyl groups excluding tert-OH is 1. The Morgan fingerprint density at radius 2 is 1.71 bits per heavy atom. The molecule has 1 aliphatic rings. The molecule has 4 rings (SSSR count). The van der Waals surface area contributed by atoms with Crippen LogP contribution in [0, 0.1) is 13.8 Å². The minimum atomic E-state index is -0.799. The van der Waals surface area contributed by atoms with E-state index in [2.05, 4.69) is 5.16 Å². The number of amides is 1. The molecule has 0 saturated carbocycles. The molecule has 140 valence electrons. The number of aromatic nitrogens is 1. The average molecular weight is 374 g/mol. The van der Waals surface area contributed by atoms with Crippen LogP contribution in [0.4, 0.5) is 5.82 Å². The van der Waals surface area contributed by atoms with Crippen LogP contribution >= 0.6 is 0 Å². The van der Waals surface area contributed by atoms with Crippen molar-refractivity contribution in [2.24, 2.45) is 0 Å². The number of rotatable bonds is 3. The van der Waals surface area contributed by atoms with Gasteiger partial charge in [0.15, 0.2) is 5.82 Å². The summed E-state index contributed by atoms with van der Waals surface area (Å²) in [4.78, 5) is 27.0. The van der Waals surface area contributed by atoms with E-state index in [-0.39, 0.29) is 17.2 Å². The van der Waals surface area contributed by atoms with Gasteiger partial charge in [0.2, 0.25) is 0 Å². The molecule has 1 amide bonds. The van der Waals surface area contributed by atoms with E-state index >= 15 is 0 Å². The molecule has 1 aromatic heterocycles. The molecular formula is C22H18N2O4. The summed E-state index contributed by atoms with van der Waals surface area (Å²) in [6.45, 7) is 3.64. The van der Waals surface area contributed by atoms with Gasteiger partial charge < -0.3 is 9.63 Å². The number of ketones is 1. The van der Waals surface area contributed by atoms with Crippen molar-refractivity contribution in [1.29, 1.82) is 0 Å². The van der Waals surface area contributed by atoms with Crippen LogP contribution in [0.1, 0.15) is 28.5 Å². The smallest absolute Gasteiger partial charge is 0.301 e. The lowest BCUT2D eigenvalue weighted by atomic mass is 9.95. The first-order valence-corrected chi connectivity index (χ1v) is 8.83. The number of aryl methyl sites for hydroxylation is 2. The van der Waals surface area contributed by atoms with Gasteiger partial charge >= 0.3 is 5.91 Å². The Hall–Kier alpha value is -3.67. The molecule has 0 spiro atoms. The standard InChI is InChI=1S/C22H18N2O4/c1-13-8-10-16(11-9-13)20(25)18-19(15-6-4-3-5-7-15)24(22(27)21(18)26)17-12-14(2)28-23-17/h3-12,19,25H,1-2H3/b20-18+. The van der Waals surface area contributed by atoms with Crippen molar-refractivity contribution in [3.8, 4) is 0 Å². The number of nitrogens with zero attached hydrogens (tertiary/aromatic N) is 2. The fraction of sp³-hybridized carbons (Fsp3) is 0.136. The van der Waals surface area contributed by atoms with Crippen molar-refractivity contribution in [3.63, 3.8) is 0 Å². The van der Waals surface area contributed by atoms with E-state index in [9.17, 15) is 14.7 Å². The molecule has 6 nitrogen and oxygen atoms in total. The Bertz CT molecular complexity index is 1080. The Labute approximate surface area is 161 Å². The molecular weight excluding hydrogens is 356 g/mol. The molecule has 1 fully saturated rings. The van der Waals surface area contributed by atoms with Gasteiger partial charge in [0.25, 0.3) is 5.78 Å². The molecule has 0 aliphatic carbocycles. The SMILES string of the molecule is Cc1ccc(/C(O)=C2\C(=O)C(=O)N(c3cc(C)on3)C2c2ccccc2)cc1. The van der Waals surface area contributed by atoms with Crippen molar-refractivity contribution >= 4 is 23.3 Å². The van der Waals surface area contributed by atoms with E-state index < -0.39 is 17.7 Å². The van der Waals surface area contributed by atoms with Gasteiger partial charge in [-0.25, -0.2) is 0 Å². The maximum Gasteiger partial charge on any atom is 0.301 e. The summed E-state index contributed by atoms with van der Waals surface area (Å²) in [5.74, 6) is -0.975. The van der Waals surface area contributed by atoms with Crippen LogP contribution in [0.15, 0.2) is 70.8 Å². The van der Waals surface area contributed by atoms with Gasteiger partial charge in [0, 0.05) is 11.6 Å². The summed E-state index contributed by atoms with van der Waals surface area (Å²) in [7, 11) is 0. The van der Waals surface area contributed by atoms with Gasteiger partial charge in [0.05, 0.1) is 11.6 Å². The third kappa shape index (κ3) is 2.89. The number of aliphatic hydroxyl groups is 1. The van der Waals surface area contributed by atoms with Crippen LogP contribution in [0.3, 0.4) is 0 Å². The van der Waals surface area contributed by atoms with Crippen LogP contribution in [0.2, 0.25) is 0 Å². The highest BCUT2D eigenvalue weighted by Crippen LogP contribution is 2.41. The summed E-state index contributed by atoms with van der Waals surface area (Å²) in [5.41, 5.74) is 2.22. The van der Waals surface area contributed by atoms with Crippen molar-refractivity contribution in [2.45, 2.75) is 19.9 Å². The fourth-order valence-corrected chi connectivity index (χ4v) is 3.35. The third-order valence-corrected chi connectivity index (χ3v) is 4.75. The summed E-state index contributed by atoms with van der Waals surface area (Å²) >= 11 is 0.